The minimum Gasteiger partial charge on any atom is -0.357 e. The van der Waals surface area contributed by atoms with Crippen LogP contribution in [0.3, 0.4) is 0 Å². The van der Waals surface area contributed by atoms with E-state index >= 15 is 0 Å². The predicted octanol–water partition coefficient (Wildman–Crippen LogP) is 3.75. The van der Waals surface area contributed by atoms with Gasteiger partial charge in [0.25, 0.3) is 0 Å². The van der Waals surface area contributed by atoms with Crippen molar-refractivity contribution in [1.29, 1.82) is 0 Å². The molecule has 3 rings (SSSR count). The Kier molecular flexibility index (Phi) is 8.23. The van der Waals surface area contributed by atoms with Crippen molar-refractivity contribution in [2.24, 2.45) is 23.9 Å². The maximum atomic E-state index is 5.03. The lowest BCUT2D eigenvalue weighted by Crippen LogP contribution is -2.40. The first kappa shape index (κ1) is 21.5. The number of guanidine groups is 1. The quantitative estimate of drug-likeness (QED) is 0.403. The minimum atomic E-state index is 0. The SMILES string of the molecule is CCNC(=NCc1c(CC)nn(C)c1CC)N1CC2CCCCC2C1.I. The van der Waals surface area contributed by atoms with E-state index in [4.69, 9.17) is 10.1 Å². The molecule has 1 N–H and O–H groups in total. The van der Waals surface area contributed by atoms with Gasteiger partial charge in [-0.1, -0.05) is 26.7 Å². The molecule has 2 aliphatic rings. The van der Waals surface area contributed by atoms with Crippen LogP contribution in [-0.4, -0.2) is 40.3 Å². The minimum absolute atomic E-state index is 0. The standard InChI is InChI=1S/C20H35N5.HI/c1-5-18-17(19(6-2)24(4)23-18)12-22-20(21-7-3)25-13-15-10-8-9-11-16(15)14-25;/h15-16H,5-14H2,1-4H3,(H,21,22);1H. The summed E-state index contributed by atoms with van der Waals surface area (Å²) in [6.45, 7) is 10.6. The summed E-state index contributed by atoms with van der Waals surface area (Å²) < 4.78 is 2.04. The molecule has 1 saturated carbocycles. The fourth-order valence-corrected chi connectivity index (χ4v) is 4.73. The Labute approximate surface area is 176 Å². The molecule has 2 atom stereocenters. The number of aromatic nitrogens is 2. The molecule has 1 saturated heterocycles. The summed E-state index contributed by atoms with van der Waals surface area (Å²) >= 11 is 0. The normalized spacial score (nSPS) is 22.9. The van der Waals surface area contributed by atoms with Gasteiger partial charge >= 0.3 is 0 Å². The Morgan fingerprint density at radius 2 is 1.77 bits per heavy atom. The lowest BCUT2D eigenvalue weighted by Gasteiger charge is -2.22. The number of aryl methyl sites for hydroxylation is 2. The molecule has 6 heteroatoms. The first-order valence-corrected chi connectivity index (χ1v) is 10.2. The van der Waals surface area contributed by atoms with Crippen LogP contribution in [0.1, 0.15) is 63.4 Å². The van der Waals surface area contributed by atoms with Crippen molar-refractivity contribution in [2.75, 3.05) is 19.6 Å². The van der Waals surface area contributed by atoms with Crippen LogP contribution in [0.4, 0.5) is 0 Å². The molecule has 1 aliphatic carbocycles. The molecule has 2 heterocycles. The topological polar surface area (TPSA) is 45.5 Å². The molecule has 0 amide bonds. The zero-order valence-corrected chi connectivity index (χ0v) is 19.3. The Balaban J connectivity index is 0.00000243. The van der Waals surface area contributed by atoms with Gasteiger partial charge in [-0.05, 0) is 44.4 Å². The molecule has 0 spiro atoms. The predicted molar refractivity (Wildman–Crippen MR) is 119 cm³/mol. The van der Waals surface area contributed by atoms with Crippen molar-refractivity contribution in [1.82, 2.24) is 20.0 Å². The summed E-state index contributed by atoms with van der Waals surface area (Å²) in [6.07, 6.45) is 7.63. The van der Waals surface area contributed by atoms with Crippen LogP contribution in [0.2, 0.25) is 0 Å². The average molecular weight is 473 g/mol. The van der Waals surface area contributed by atoms with Gasteiger partial charge < -0.3 is 10.2 Å². The van der Waals surface area contributed by atoms with Gasteiger partial charge in [0.15, 0.2) is 5.96 Å². The summed E-state index contributed by atoms with van der Waals surface area (Å²) in [7, 11) is 2.06. The molecule has 5 nitrogen and oxygen atoms in total. The van der Waals surface area contributed by atoms with E-state index in [0.717, 1.165) is 43.7 Å². The van der Waals surface area contributed by atoms with E-state index in [9.17, 15) is 0 Å². The zero-order chi connectivity index (χ0) is 17.8. The van der Waals surface area contributed by atoms with Crippen molar-refractivity contribution >= 4 is 29.9 Å². The molecular formula is C20H36IN5. The second-order valence-corrected chi connectivity index (χ2v) is 7.58. The van der Waals surface area contributed by atoms with Crippen LogP contribution < -0.4 is 5.32 Å². The number of nitrogens with zero attached hydrogens (tertiary/aromatic N) is 4. The van der Waals surface area contributed by atoms with Crippen molar-refractivity contribution in [3.8, 4) is 0 Å². The molecule has 2 fully saturated rings. The number of aliphatic imine (C=N–C) groups is 1. The van der Waals surface area contributed by atoms with Crippen molar-refractivity contribution in [2.45, 2.75) is 65.8 Å². The molecule has 1 aliphatic heterocycles. The fraction of sp³-hybridized carbons (Fsp3) is 0.800. The molecule has 26 heavy (non-hydrogen) atoms. The Morgan fingerprint density at radius 3 is 2.31 bits per heavy atom. The van der Waals surface area contributed by atoms with Gasteiger partial charge in [-0.15, -0.1) is 24.0 Å². The summed E-state index contributed by atoms with van der Waals surface area (Å²) in [4.78, 5) is 7.54. The van der Waals surface area contributed by atoms with Crippen molar-refractivity contribution in [3.63, 3.8) is 0 Å². The van der Waals surface area contributed by atoms with E-state index in [1.807, 2.05) is 4.68 Å². The maximum absolute atomic E-state index is 5.03. The molecule has 0 aromatic carbocycles. The van der Waals surface area contributed by atoms with Gasteiger partial charge in [0, 0.05) is 37.9 Å². The van der Waals surface area contributed by atoms with E-state index in [1.54, 1.807) is 0 Å². The second kappa shape index (κ2) is 9.95. The largest absolute Gasteiger partial charge is 0.357 e. The van der Waals surface area contributed by atoms with Gasteiger partial charge in [-0.25, -0.2) is 4.99 Å². The van der Waals surface area contributed by atoms with Crippen LogP contribution in [0, 0.1) is 11.8 Å². The van der Waals surface area contributed by atoms with Gasteiger partial charge in [-0.3, -0.25) is 4.68 Å². The Bertz CT molecular complexity index is 596. The van der Waals surface area contributed by atoms with Crippen LogP contribution >= 0.6 is 24.0 Å². The number of hydrogen-bond acceptors (Lipinski definition) is 2. The fourth-order valence-electron chi connectivity index (χ4n) is 4.73. The van der Waals surface area contributed by atoms with Gasteiger partial charge in [-0.2, -0.15) is 5.10 Å². The van der Waals surface area contributed by atoms with E-state index in [-0.39, 0.29) is 24.0 Å². The van der Waals surface area contributed by atoms with Crippen LogP contribution in [0.15, 0.2) is 4.99 Å². The van der Waals surface area contributed by atoms with Crippen molar-refractivity contribution < 1.29 is 0 Å². The first-order chi connectivity index (χ1) is 12.2. The highest BCUT2D eigenvalue weighted by Gasteiger charge is 2.35. The highest BCUT2D eigenvalue weighted by Crippen LogP contribution is 2.36. The van der Waals surface area contributed by atoms with Crippen LogP contribution in [0.25, 0.3) is 0 Å². The average Bonchev–Trinajstić information content (AvgIpc) is 3.18. The zero-order valence-electron chi connectivity index (χ0n) is 16.9. The molecule has 2 unspecified atom stereocenters. The van der Waals surface area contributed by atoms with Crippen LogP contribution in [0.5, 0.6) is 0 Å². The highest BCUT2D eigenvalue weighted by atomic mass is 127. The van der Waals surface area contributed by atoms with E-state index < -0.39 is 0 Å². The molecule has 1 aromatic heterocycles. The van der Waals surface area contributed by atoms with Crippen molar-refractivity contribution in [3.05, 3.63) is 17.0 Å². The van der Waals surface area contributed by atoms with E-state index in [1.165, 1.54) is 55.7 Å². The third kappa shape index (κ3) is 4.54. The number of hydrogen-bond donors (Lipinski definition) is 1. The smallest absolute Gasteiger partial charge is 0.194 e. The lowest BCUT2D eigenvalue weighted by atomic mass is 9.82. The summed E-state index contributed by atoms with van der Waals surface area (Å²) in [5.74, 6) is 2.87. The lowest BCUT2D eigenvalue weighted by molar-refractivity contribution is 0.299. The van der Waals surface area contributed by atoms with E-state index in [2.05, 4.69) is 38.0 Å². The summed E-state index contributed by atoms with van der Waals surface area (Å²) in [5, 5.41) is 8.23. The Hall–Kier alpha value is -0.790. The van der Waals surface area contributed by atoms with Gasteiger partial charge in [0.1, 0.15) is 0 Å². The van der Waals surface area contributed by atoms with Crippen LogP contribution in [-0.2, 0) is 26.4 Å². The molecule has 0 bridgehead atoms. The molecule has 148 valence electrons. The number of fused-ring (bicyclic) bond motifs is 1. The Morgan fingerprint density at radius 1 is 1.12 bits per heavy atom. The maximum Gasteiger partial charge on any atom is 0.194 e. The number of halogens is 1. The molecule has 0 radical (unpaired) electrons. The second-order valence-electron chi connectivity index (χ2n) is 7.58. The van der Waals surface area contributed by atoms with Gasteiger partial charge in [0.05, 0.1) is 12.2 Å². The highest BCUT2D eigenvalue weighted by molar-refractivity contribution is 14.0. The monoisotopic (exact) mass is 473 g/mol. The first-order valence-electron chi connectivity index (χ1n) is 10.2. The third-order valence-electron chi connectivity index (χ3n) is 6.03. The molecule has 1 aromatic rings. The number of rotatable bonds is 5. The number of nitrogens with one attached hydrogen (secondary N) is 1. The van der Waals surface area contributed by atoms with E-state index in [0.29, 0.717) is 0 Å². The third-order valence-corrected chi connectivity index (χ3v) is 6.03. The summed E-state index contributed by atoms with van der Waals surface area (Å²) in [6, 6.07) is 0. The summed E-state index contributed by atoms with van der Waals surface area (Å²) in [5.41, 5.74) is 3.86. The molecular weight excluding hydrogens is 437 g/mol. The van der Waals surface area contributed by atoms with Gasteiger partial charge in [0.2, 0.25) is 0 Å². The number of likely N-dealkylation sites (tertiary alicyclic amines) is 1.